The predicted molar refractivity (Wildman–Crippen MR) is 114 cm³/mol. The number of para-hydroxylation sites is 1. The van der Waals surface area contributed by atoms with E-state index in [2.05, 4.69) is 15.4 Å². The highest BCUT2D eigenvalue weighted by molar-refractivity contribution is 6.37. The zero-order valence-corrected chi connectivity index (χ0v) is 17.9. The number of aromatic nitrogens is 3. The van der Waals surface area contributed by atoms with Gasteiger partial charge in [0.05, 0.1) is 10.0 Å². The molecule has 0 atom stereocenters. The van der Waals surface area contributed by atoms with Crippen LogP contribution in [0.2, 0.25) is 10.0 Å². The molecule has 30 heavy (non-hydrogen) atoms. The first kappa shape index (κ1) is 21.6. The summed E-state index contributed by atoms with van der Waals surface area (Å²) in [4.78, 5) is 17.1. The van der Waals surface area contributed by atoms with Crippen molar-refractivity contribution in [1.82, 2.24) is 20.1 Å². The third kappa shape index (κ3) is 4.90. The van der Waals surface area contributed by atoms with Crippen LogP contribution in [0.3, 0.4) is 0 Å². The van der Waals surface area contributed by atoms with E-state index in [9.17, 15) is 4.79 Å². The van der Waals surface area contributed by atoms with Crippen LogP contribution in [0.4, 0.5) is 0 Å². The van der Waals surface area contributed by atoms with Crippen molar-refractivity contribution >= 4 is 29.1 Å². The summed E-state index contributed by atoms with van der Waals surface area (Å²) in [5.41, 5.74) is 1.30. The minimum absolute atomic E-state index is 0.0136. The molecule has 1 heterocycles. The number of benzene rings is 2. The van der Waals surface area contributed by atoms with Crippen LogP contribution in [-0.2, 0) is 6.54 Å². The van der Waals surface area contributed by atoms with Gasteiger partial charge in [-0.25, -0.2) is 9.67 Å². The maximum absolute atomic E-state index is 12.7. The van der Waals surface area contributed by atoms with Crippen LogP contribution >= 0.6 is 23.2 Å². The standard InChI is InChI=1S/C21H19Cl2N5O2/c1-13(2)20-26-19(27-28(20)18-16(22)7-4-8-17(18)23)21(29)25-12-14-5-3-6-15(11-14)30-10-9-24/h3-8,11,13H,10,12H2,1-2H3,(H,25,29). The monoisotopic (exact) mass is 443 g/mol. The molecule has 1 aromatic heterocycles. The molecule has 1 N–H and O–H groups in total. The number of nitrogens with one attached hydrogen (secondary N) is 1. The van der Waals surface area contributed by atoms with Crippen molar-refractivity contribution in [2.45, 2.75) is 26.3 Å². The zero-order valence-electron chi connectivity index (χ0n) is 16.4. The van der Waals surface area contributed by atoms with Crippen molar-refractivity contribution in [3.8, 4) is 17.5 Å². The molecule has 0 unspecified atom stereocenters. The molecule has 154 valence electrons. The van der Waals surface area contributed by atoms with Gasteiger partial charge >= 0.3 is 0 Å². The maximum atomic E-state index is 12.7. The fourth-order valence-electron chi connectivity index (χ4n) is 2.77. The second-order valence-electron chi connectivity index (χ2n) is 6.71. The average Bonchev–Trinajstić information content (AvgIpc) is 3.16. The van der Waals surface area contributed by atoms with Gasteiger partial charge in [0.2, 0.25) is 5.82 Å². The Morgan fingerprint density at radius 3 is 2.60 bits per heavy atom. The molecular weight excluding hydrogens is 425 g/mol. The van der Waals surface area contributed by atoms with Crippen molar-refractivity contribution in [3.63, 3.8) is 0 Å². The Kier molecular flexibility index (Phi) is 6.93. The van der Waals surface area contributed by atoms with E-state index >= 15 is 0 Å². The molecule has 0 fully saturated rings. The molecule has 0 aliphatic carbocycles. The minimum Gasteiger partial charge on any atom is -0.479 e. The SMILES string of the molecule is CC(C)c1nc(C(=O)NCc2cccc(OCC#N)c2)nn1-c1c(Cl)cccc1Cl. The van der Waals surface area contributed by atoms with E-state index < -0.39 is 5.91 Å². The lowest BCUT2D eigenvalue weighted by Gasteiger charge is -2.11. The number of amides is 1. The molecule has 7 nitrogen and oxygen atoms in total. The van der Waals surface area contributed by atoms with Crippen LogP contribution in [-0.4, -0.2) is 27.3 Å². The fourth-order valence-corrected chi connectivity index (χ4v) is 3.33. The average molecular weight is 444 g/mol. The number of halogens is 2. The number of hydrogen-bond donors (Lipinski definition) is 1. The molecule has 0 aliphatic rings. The van der Waals surface area contributed by atoms with Crippen LogP contribution < -0.4 is 10.1 Å². The van der Waals surface area contributed by atoms with E-state index in [1.165, 1.54) is 4.68 Å². The summed E-state index contributed by atoms with van der Waals surface area (Å²) < 4.78 is 6.79. The summed E-state index contributed by atoms with van der Waals surface area (Å²) in [6, 6.07) is 14.2. The molecule has 3 rings (SSSR count). The highest BCUT2D eigenvalue weighted by atomic mass is 35.5. The van der Waals surface area contributed by atoms with Gasteiger partial charge in [0.15, 0.2) is 6.61 Å². The Morgan fingerprint density at radius 2 is 1.93 bits per heavy atom. The van der Waals surface area contributed by atoms with E-state index in [4.69, 9.17) is 33.2 Å². The first-order valence-corrected chi connectivity index (χ1v) is 9.94. The molecule has 2 aromatic carbocycles. The van der Waals surface area contributed by atoms with Gasteiger partial charge in [0.1, 0.15) is 23.3 Å². The van der Waals surface area contributed by atoms with Gasteiger partial charge in [-0.3, -0.25) is 4.79 Å². The molecule has 0 saturated carbocycles. The smallest absolute Gasteiger partial charge is 0.291 e. The summed E-state index contributed by atoms with van der Waals surface area (Å²) in [6.45, 7) is 4.10. The second-order valence-corrected chi connectivity index (χ2v) is 7.52. The molecule has 9 heteroatoms. The van der Waals surface area contributed by atoms with Crippen molar-refractivity contribution in [3.05, 3.63) is 69.7 Å². The van der Waals surface area contributed by atoms with E-state index in [1.807, 2.05) is 26.0 Å². The van der Waals surface area contributed by atoms with Crippen molar-refractivity contribution in [1.29, 1.82) is 5.26 Å². The van der Waals surface area contributed by atoms with E-state index in [0.29, 0.717) is 27.3 Å². The van der Waals surface area contributed by atoms with Gasteiger partial charge in [-0.1, -0.05) is 55.2 Å². The first-order valence-electron chi connectivity index (χ1n) is 9.19. The number of rotatable bonds is 7. The number of nitriles is 1. The summed E-state index contributed by atoms with van der Waals surface area (Å²) >= 11 is 12.6. The van der Waals surface area contributed by atoms with Crippen LogP contribution in [0.15, 0.2) is 42.5 Å². The second kappa shape index (κ2) is 9.61. The van der Waals surface area contributed by atoms with Gasteiger partial charge < -0.3 is 10.1 Å². The Bertz CT molecular complexity index is 1080. The molecule has 3 aromatic rings. The number of hydrogen-bond acceptors (Lipinski definition) is 5. The summed E-state index contributed by atoms with van der Waals surface area (Å²) in [5.74, 6) is 0.706. The van der Waals surface area contributed by atoms with Crippen LogP contribution in [0.25, 0.3) is 5.69 Å². The Balaban J connectivity index is 1.81. The van der Waals surface area contributed by atoms with Gasteiger partial charge in [0, 0.05) is 12.5 Å². The van der Waals surface area contributed by atoms with Crippen molar-refractivity contribution < 1.29 is 9.53 Å². The van der Waals surface area contributed by atoms with E-state index in [-0.39, 0.29) is 24.9 Å². The molecule has 1 amide bonds. The highest BCUT2D eigenvalue weighted by Gasteiger charge is 2.22. The molecule has 0 radical (unpaired) electrons. The lowest BCUT2D eigenvalue weighted by molar-refractivity contribution is 0.0940. The first-order chi connectivity index (χ1) is 14.4. The third-order valence-corrected chi connectivity index (χ3v) is 4.77. The zero-order chi connectivity index (χ0) is 21.7. The minimum atomic E-state index is -0.429. The molecular formula is C21H19Cl2N5O2. The van der Waals surface area contributed by atoms with Crippen LogP contribution in [0.5, 0.6) is 5.75 Å². The molecule has 0 bridgehead atoms. The topological polar surface area (TPSA) is 92.8 Å². The summed E-state index contributed by atoms with van der Waals surface area (Å²) in [7, 11) is 0. The lowest BCUT2D eigenvalue weighted by Crippen LogP contribution is -2.24. The number of carbonyl (C=O) groups excluding carboxylic acids is 1. The number of carbonyl (C=O) groups is 1. The van der Waals surface area contributed by atoms with Gasteiger partial charge in [-0.15, -0.1) is 5.10 Å². The molecule has 0 saturated heterocycles. The van der Waals surface area contributed by atoms with Crippen molar-refractivity contribution in [2.75, 3.05) is 6.61 Å². The Labute approximate surface area is 184 Å². The summed E-state index contributed by atoms with van der Waals surface area (Å²) in [6.07, 6.45) is 0. The predicted octanol–water partition coefficient (Wildman–Crippen LogP) is 4.53. The van der Waals surface area contributed by atoms with Crippen LogP contribution in [0, 0.1) is 11.3 Å². The highest BCUT2D eigenvalue weighted by Crippen LogP contribution is 2.30. The summed E-state index contributed by atoms with van der Waals surface area (Å²) in [5, 5.41) is 16.6. The lowest BCUT2D eigenvalue weighted by atomic mass is 10.2. The van der Waals surface area contributed by atoms with Crippen molar-refractivity contribution in [2.24, 2.45) is 0 Å². The van der Waals surface area contributed by atoms with E-state index in [1.54, 1.807) is 36.4 Å². The number of nitrogens with zero attached hydrogens (tertiary/aromatic N) is 4. The Morgan fingerprint density at radius 1 is 1.23 bits per heavy atom. The maximum Gasteiger partial charge on any atom is 0.291 e. The Hall–Kier alpha value is -3.08. The van der Waals surface area contributed by atoms with E-state index in [0.717, 1.165) is 5.56 Å². The van der Waals surface area contributed by atoms with Crippen LogP contribution in [0.1, 0.15) is 41.8 Å². The molecule has 0 aliphatic heterocycles. The largest absolute Gasteiger partial charge is 0.479 e. The van der Waals surface area contributed by atoms with Gasteiger partial charge in [-0.05, 0) is 29.8 Å². The van der Waals surface area contributed by atoms with Gasteiger partial charge in [0.25, 0.3) is 5.91 Å². The number of ether oxygens (including phenoxy) is 1. The molecule has 0 spiro atoms. The quantitative estimate of drug-likeness (QED) is 0.578. The third-order valence-electron chi connectivity index (χ3n) is 4.16. The normalized spacial score (nSPS) is 10.7. The van der Waals surface area contributed by atoms with Gasteiger partial charge in [-0.2, -0.15) is 5.26 Å². The fraction of sp³-hybridized carbons (Fsp3) is 0.238.